The highest BCUT2D eigenvalue weighted by atomic mass is 15.1. The van der Waals surface area contributed by atoms with Crippen molar-refractivity contribution in [2.24, 2.45) is 0 Å². The molecule has 0 spiro atoms. The molecule has 7 heterocycles. The molecule has 0 saturated carbocycles. The van der Waals surface area contributed by atoms with Crippen LogP contribution in [0.3, 0.4) is 0 Å². The minimum Gasteiger partial charge on any atom is -0.399 e. The fourth-order valence-electron chi connectivity index (χ4n) is 6.20. The first-order chi connectivity index (χ1) is 14.7. The summed E-state index contributed by atoms with van der Waals surface area (Å²) in [5.41, 5.74) is 22.4. The minimum absolute atomic E-state index is 0.130. The van der Waals surface area contributed by atoms with Crippen molar-refractivity contribution in [2.45, 2.75) is 23.9 Å². The van der Waals surface area contributed by atoms with E-state index in [4.69, 9.17) is 11.5 Å². The Morgan fingerprint density at radius 3 is 1.73 bits per heavy atom. The van der Waals surface area contributed by atoms with Crippen LogP contribution in [0.15, 0.2) is 85.2 Å². The number of rotatable bonds is 0. The number of pyridine rings is 2. The molecule has 30 heavy (non-hydrogen) atoms. The van der Waals surface area contributed by atoms with Crippen molar-refractivity contribution >= 4 is 11.4 Å². The van der Waals surface area contributed by atoms with Gasteiger partial charge in [-0.3, -0.25) is 0 Å². The van der Waals surface area contributed by atoms with Crippen molar-refractivity contribution in [3.63, 3.8) is 0 Å². The molecule has 0 saturated heterocycles. The van der Waals surface area contributed by atoms with Crippen molar-refractivity contribution in [3.05, 3.63) is 119 Å². The smallest absolute Gasteiger partial charge is 0.249 e. The van der Waals surface area contributed by atoms with Gasteiger partial charge in [-0.15, -0.1) is 0 Å². The second kappa shape index (κ2) is 5.48. The first kappa shape index (κ1) is 16.2. The first-order valence-electron chi connectivity index (χ1n) is 10.5. The maximum Gasteiger partial charge on any atom is 0.249 e. The fraction of sp³-hybridized carbons (Fsp3) is 0.154. The zero-order valence-electron chi connectivity index (χ0n) is 16.4. The SMILES string of the molecule is Nc1ccc2c(c1)[C@@H]1c3cccc[n+]3[C@H]2[C@@H]2c3cc(N)ccc3[C@H]1c1cccc[n+]12. The lowest BCUT2D eigenvalue weighted by Crippen LogP contribution is -2.63. The summed E-state index contributed by atoms with van der Waals surface area (Å²) in [6, 6.07) is 26.4. The summed E-state index contributed by atoms with van der Waals surface area (Å²) < 4.78 is 4.96. The molecule has 2 aromatic carbocycles. The highest BCUT2D eigenvalue weighted by molar-refractivity contribution is 5.58. The second-order valence-corrected chi connectivity index (χ2v) is 8.69. The topological polar surface area (TPSA) is 59.8 Å². The number of hydrogen-bond donors (Lipinski definition) is 2. The summed E-state index contributed by atoms with van der Waals surface area (Å²) in [5.74, 6) is 0.395. The van der Waals surface area contributed by atoms with Gasteiger partial charge in [-0.1, -0.05) is 18.2 Å². The molecule has 4 aromatic rings. The van der Waals surface area contributed by atoms with E-state index in [1.165, 1.54) is 33.6 Å². The molecule has 2 aromatic heterocycles. The quantitative estimate of drug-likeness (QED) is 0.358. The fourth-order valence-corrected chi connectivity index (χ4v) is 6.20. The van der Waals surface area contributed by atoms with Gasteiger partial charge >= 0.3 is 0 Å². The monoisotopic (exact) mass is 390 g/mol. The van der Waals surface area contributed by atoms with Crippen molar-refractivity contribution in [3.8, 4) is 0 Å². The number of nitrogen functional groups attached to an aromatic ring is 2. The molecule has 6 aliphatic rings. The molecular weight excluding hydrogens is 368 g/mol. The predicted molar refractivity (Wildman–Crippen MR) is 115 cm³/mol. The van der Waals surface area contributed by atoms with Crippen LogP contribution in [0.5, 0.6) is 0 Å². The molecule has 0 unspecified atom stereocenters. The second-order valence-electron chi connectivity index (χ2n) is 8.69. The Labute approximate surface area is 175 Å². The Hall–Kier alpha value is -3.66. The van der Waals surface area contributed by atoms with E-state index < -0.39 is 0 Å². The summed E-state index contributed by atoms with van der Waals surface area (Å²) in [4.78, 5) is 0. The normalized spacial score (nSPS) is 24.3. The summed E-state index contributed by atoms with van der Waals surface area (Å²) in [6.45, 7) is 0. The lowest BCUT2D eigenvalue weighted by Gasteiger charge is -2.42. The van der Waals surface area contributed by atoms with Crippen LogP contribution in [-0.2, 0) is 0 Å². The van der Waals surface area contributed by atoms with Crippen LogP contribution in [0.2, 0.25) is 0 Å². The van der Waals surface area contributed by atoms with Gasteiger partial charge in [-0.05, 0) is 41.5 Å². The van der Waals surface area contributed by atoms with Gasteiger partial charge in [0.15, 0.2) is 23.8 Å². The van der Waals surface area contributed by atoms with Crippen LogP contribution in [0.4, 0.5) is 11.4 Å². The minimum atomic E-state index is 0.130. The van der Waals surface area contributed by atoms with Crippen LogP contribution in [0.25, 0.3) is 0 Å². The third kappa shape index (κ3) is 1.86. The molecule has 4 N–H and O–H groups in total. The summed E-state index contributed by atoms with van der Waals surface area (Å²) in [6.07, 6.45) is 4.47. The molecule has 0 radical (unpaired) electrons. The van der Waals surface area contributed by atoms with E-state index in [1.807, 2.05) is 6.07 Å². The van der Waals surface area contributed by atoms with Crippen LogP contribution in [0, 0.1) is 0 Å². The average molecular weight is 390 g/mol. The molecular formula is C26H22N4+2. The molecule has 1 aliphatic carbocycles. The number of aromatic nitrogens is 2. The van der Waals surface area contributed by atoms with Crippen molar-refractivity contribution in [2.75, 3.05) is 11.5 Å². The van der Waals surface area contributed by atoms with Gasteiger partial charge in [0.05, 0.1) is 11.8 Å². The van der Waals surface area contributed by atoms with E-state index >= 15 is 0 Å². The maximum absolute atomic E-state index is 6.30. The molecule has 4 heteroatoms. The van der Waals surface area contributed by atoms with Gasteiger partial charge in [0.2, 0.25) is 12.1 Å². The molecule has 0 fully saturated rings. The number of hydrogen-bond acceptors (Lipinski definition) is 2. The Bertz CT molecular complexity index is 1250. The van der Waals surface area contributed by atoms with Gasteiger partial charge in [-0.2, -0.15) is 9.13 Å². The predicted octanol–water partition coefficient (Wildman–Crippen LogP) is 3.21. The van der Waals surface area contributed by atoms with E-state index in [1.54, 1.807) is 0 Å². The molecule has 4 bridgehead atoms. The Morgan fingerprint density at radius 1 is 0.533 bits per heavy atom. The highest BCUT2D eigenvalue weighted by Crippen LogP contribution is 2.55. The Kier molecular flexibility index (Phi) is 2.95. The number of anilines is 2. The van der Waals surface area contributed by atoms with Gasteiger partial charge in [-0.25, -0.2) is 0 Å². The van der Waals surface area contributed by atoms with E-state index in [-0.39, 0.29) is 23.9 Å². The van der Waals surface area contributed by atoms with Crippen molar-refractivity contribution < 1.29 is 9.13 Å². The molecule has 144 valence electrons. The standard InChI is InChI=1S/C26H22N4/c27-15-8-10-18-19(13-15)24-22-6-2-3-11-29(22)25(18)26-20-14-16(28)7-9-17(20)23(24)21-5-1-4-12-30(21)26/h1-14,23-26H,27-28H2/q+2/t23-,24+,25+,26-/m0/s1. The third-order valence-corrected chi connectivity index (χ3v) is 7.24. The molecule has 5 aliphatic heterocycles. The van der Waals surface area contributed by atoms with Crippen molar-refractivity contribution in [1.82, 2.24) is 0 Å². The zero-order valence-corrected chi connectivity index (χ0v) is 16.4. The summed E-state index contributed by atoms with van der Waals surface area (Å²) in [7, 11) is 0. The Morgan fingerprint density at radius 2 is 1.07 bits per heavy atom. The van der Waals surface area contributed by atoms with Gasteiger partial charge in [0.1, 0.15) is 0 Å². The van der Waals surface area contributed by atoms with Crippen LogP contribution < -0.4 is 20.6 Å². The zero-order chi connectivity index (χ0) is 20.0. The van der Waals surface area contributed by atoms with Crippen LogP contribution in [0.1, 0.15) is 57.6 Å². The number of nitrogens with zero attached hydrogens (tertiary/aromatic N) is 2. The van der Waals surface area contributed by atoms with Gasteiger partial charge in [0.25, 0.3) is 0 Å². The van der Waals surface area contributed by atoms with Gasteiger partial charge < -0.3 is 11.5 Å². The highest BCUT2D eigenvalue weighted by Gasteiger charge is 2.58. The number of nitrogens with two attached hydrogens (primary N) is 2. The van der Waals surface area contributed by atoms with Crippen LogP contribution >= 0.6 is 0 Å². The van der Waals surface area contributed by atoms with E-state index in [9.17, 15) is 0 Å². The van der Waals surface area contributed by atoms with E-state index in [0.717, 1.165) is 11.4 Å². The maximum atomic E-state index is 6.30. The lowest BCUT2D eigenvalue weighted by molar-refractivity contribution is -0.817. The summed E-state index contributed by atoms with van der Waals surface area (Å²) in [5, 5.41) is 0. The lowest BCUT2D eigenvalue weighted by atomic mass is 9.64. The molecule has 4 nitrogen and oxygen atoms in total. The molecule has 4 atom stereocenters. The van der Waals surface area contributed by atoms with Crippen molar-refractivity contribution in [1.29, 1.82) is 0 Å². The third-order valence-electron chi connectivity index (χ3n) is 7.24. The summed E-state index contributed by atoms with van der Waals surface area (Å²) >= 11 is 0. The largest absolute Gasteiger partial charge is 0.399 e. The van der Waals surface area contributed by atoms with Crippen LogP contribution in [-0.4, -0.2) is 0 Å². The number of benzene rings is 2. The van der Waals surface area contributed by atoms with E-state index in [2.05, 4.69) is 88.3 Å². The molecule has 0 amide bonds. The van der Waals surface area contributed by atoms with E-state index in [0.29, 0.717) is 0 Å². The van der Waals surface area contributed by atoms with Gasteiger partial charge in [0, 0.05) is 46.8 Å². The molecule has 10 rings (SSSR count). The first-order valence-corrected chi connectivity index (χ1v) is 10.5. The Balaban J connectivity index is 1.68. The average Bonchev–Trinajstić information content (AvgIpc) is 2.75.